The molecule has 0 unspecified atom stereocenters. The van der Waals surface area contributed by atoms with Crippen molar-refractivity contribution in [2.24, 2.45) is 0 Å². The van der Waals surface area contributed by atoms with Crippen LogP contribution in [-0.2, 0) is 0 Å². The van der Waals surface area contributed by atoms with E-state index in [-0.39, 0.29) is 0 Å². The molecule has 1 fully saturated rings. The fraction of sp³-hybridized carbons (Fsp3) is 0.500. The Balaban J connectivity index is 2.64. The van der Waals surface area contributed by atoms with Crippen molar-refractivity contribution >= 4 is 0 Å². The standard InChI is InChI=1S/C6H8/c1-2-3-6-4-5-6/h2H,4-5H2,1H3. The molecule has 0 aromatic heterocycles. The summed E-state index contributed by atoms with van der Waals surface area (Å²) in [5.74, 6) is 0. The molecule has 0 heterocycles. The summed E-state index contributed by atoms with van der Waals surface area (Å²) in [6, 6.07) is 0. The molecule has 0 bridgehead atoms. The Morgan fingerprint density at radius 3 is 2.50 bits per heavy atom. The Morgan fingerprint density at radius 1 is 1.67 bits per heavy atom. The molecular weight excluding hydrogens is 72.1 g/mol. The third-order valence-electron chi connectivity index (χ3n) is 0.848. The molecule has 1 rings (SSSR count). The summed E-state index contributed by atoms with van der Waals surface area (Å²) in [5, 5.41) is 0. The maximum absolute atomic E-state index is 3.11. The first-order chi connectivity index (χ1) is 2.93. The van der Waals surface area contributed by atoms with Crippen molar-refractivity contribution in [1.82, 2.24) is 0 Å². The fourth-order valence-electron chi connectivity index (χ4n) is 0.411. The highest BCUT2D eigenvalue weighted by Gasteiger charge is 2.07. The summed E-state index contributed by atoms with van der Waals surface area (Å²) in [5.41, 5.74) is 4.59. The van der Waals surface area contributed by atoms with E-state index in [1.165, 1.54) is 18.4 Å². The molecule has 0 nitrogen and oxygen atoms in total. The van der Waals surface area contributed by atoms with Gasteiger partial charge in [-0.05, 0) is 31.4 Å². The second-order valence-corrected chi connectivity index (χ2v) is 1.54. The van der Waals surface area contributed by atoms with Crippen LogP contribution in [0.3, 0.4) is 0 Å². The van der Waals surface area contributed by atoms with E-state index >= 15 is 0 Å². The molecule has 0 radical (unpaired) electrons. The highest BCUT2D eigenvalue weighted by Crippen LogP contribution is 2.25. The highest BCUT2D eigenvalue weighted by molar-refractivity contribution is 5.14. The lowest BCUT2D eigenvalue weighted by Gasteiger charge is -1.51. The quantitative estimate of drug-likeness (QED) is 0.390. The van der Waals surface area contributed by atoms with Gasteiger partial charge in [-0.25, -0.2) is 0 Å². The Labute approximate surface area is 38.2 Å². The highest BCUT2D eigenvalue weighted by atomic mass is 14.1. The van der Waals surface area contributed by atoms with E-state index in [9.17, 15) is 0 Å². The van der Waals surface area contributed by atoms with E-state index in [0.717, 1.165) is 0 Å². The van der Waals surface area contributed by atoms with E-state index in [0.29, 0.717) is 0 Å². The Kier molecular flexibility index (Phi) is 0.813. The normalized spacial score (nSPS) is 16.5. The average molecular weight is 80.1 g/mol. The predicted molar refractivity (Wildman–Crippen MR) is 26.5 cm³/mol. The Hall–Kier alpha value is -0.480. The first-order valence-electron chi connectivity index (χ1n) is 2.32. The minimum absolute atomic E-state index is 1.30. The van der Waals surface area contributed by atoms with Gasteiger partial charge < -0.3 is 0 Å². The van der Waals surface area contributed by atoms with Gasteiger partial charge in [-0.2, -0.15) is 0 Å². The summed E-state index contributed by atoms with van der Waals surface area (Å²) in [6.45, 7) is 2.01. The maximum Gasteiger partial charge on any atom is -0.0200 e. The van der Waals surface area contributed by atoms with Gasteiger partial charge in [-0.3, -0.25) is 0 Å². The summed E-state index contributed by atoms with van der Waals surface area (Å²) < 4.78 is 0. The SMILES string of the molecule is CC=C=C1CC1. The van der Waals surface area contributed by atoms with Crippen molar-refractivity contribution in [3.63, 3.8) is 0 Å². The van der Waals surface area contributed by atoms with Gasteiger partial charge in [-0.15, -0.1) is 5.73 Å². The van der Waals surface area contributed by atoms with Crippen LogP contribution < -0.4 is 0 Å². The van der Waals surface area contributed by atoms with E-state index < -0.39 is 0 Å². The molecular formula is C6H8. The van der Waals surface area contributed by atoms with Gasteiger partial charge in [0.15, 0.2) is 0 Å². The van der Waals surface area contributed by atoms with Gasteiger partial charge in [0.2, 0.25) is 0 Å². The van der Waals surface area contributed by atoms with Gasteiger partial charge in [-0.1, -0.05) is 0 Å². The molecule has 0 N–H and O–H groups in total. The summed E-state index contributed by atoms with van der Waals surface area (Å²) in [7, 11) is 0. The van der Waals surface area contributed by atoms with E-state index in [1.54, 1.807) is 0 Å². The molecule has 0 aliphatic heterocycles. The zero-order valence-electron chi connectivity index (χ0n) is 3.99. The molecule has 0 aromatic carbocycles. The number of allylic oxidation sites excluding steroid dienone is 1. The van der Waals surface area contributed by atoms with Gasteiger partial charge >= 0.3 is 0 Å². The topological polar surface area (TPSA) is 0 Å². The lowest BCUT2D eigenvalue weighted by molar-refractivity contribution is 1.50. The van der Waals surface area contributed by atoms with Crippen LogP contribution in [0.15, 0.2) is 17.4 Å². The fourth-order valence-corrected chi connectivity index (χ4v) is 0.411. The first kappa shape index (κ1) is 3.70. The molecule has 0 saturated heterocycles. The van der Waals surface area contributed by atoms with Crippen LogP contribution in [0, 0.1) is 0 Å². The van der Waals surface area contributed by atoms with Crippen molar-refractivity contribution in [1.29, 1.82) is 0 Å². The second kappa shape index (κ2) is 1.32. The number of hydrogen-bond donors (Lipinski definition) is 0. The molecule has 1 aliphatic carbocycles. The zero-order valence-corrected chi connectivity index (χ0v) is 3.99. The van der Waals surface area contributed by atoms with Crippen LogP contribution in [-0.4, -0.2) is 0 Å². The van der Waals surface area contributed by atoms with Crippen molar-refractivity contribution < 1.29 is 0 Å². The maximum atomic E-state index is 3.11. The number of hydrogen-bond acceptors (Lipinski definition) is 0. The lowest BCUT2D eigenvalue weighted by Crippen LogP contribution is -1.30. The van der Waals surface area contributed by atoms with Crippen LogP contribution in [0.2, 0.25) is 0 Å². The minimum Gasteiger partial charge on any atom is -0.126 e. The molecule has 0 atom stereocenters. The molecule has 1 saturated carbocycles. The summed E-state index contributed by atoms with van der Waals surface area (Å²) in [4.78, 5) is 0. The molecule has 1 aliphatic rings. The van der Waals surface area contributed by atoms with E-state index in [1.807, 2.05) is 13.0 Å². The monoisotopic (exact) mass is 80.1 g/mol. The van der Waals surface area contributed by atoms with E-state index in [4.69, 9.17) is 0 Å². The Morgan fingerprint density at radius 2 is 2.33 bits per heavy atom. The van der Waals surface area contributed by atoms with Crippen LogP contribution in [0.4, 0.5) is 0 Å². The smallest absolute Gasteiger partial charge is 0.0200 e. The number of rotatable bonds is 0. The third kappa shape index (κ3) is 0.734. The molecule has 0 heteroatoms. The van der Waals surface area contributed by atoms with Crippen molar-refractivity contribution in [3.05, 3.63) is 17.4 Å². The first-order valence-corrected chi connectivity index (χ1v) is 2.32. The predicted octanol–water partition coefficient (Wildman–Crippen LogP) is 1.88. The van der Waals surface area contributed by atoms with E-state index in [2.05, 4.69) is 5.73 Å². The summed E-state index contributed by atoms with van der Waals surface area (Å²) >= 11 is 0. The average Bonchev–Trinajstić information content (AvgIpc) is 2.21. The Bertz CT molecular complexity index is 97.2. The molecule has 0 aromatic rings. The molecule has 6 heavy (non-hydrogen) atoms. The van der Waals surface area contributed by atoms with Gasteiger partial charge in [0, 0.05) is 0 Å². The van der Waals surface area contributed by atoms with Crippen LogP contribution in [0.25, 0.3) is 0 Å². The second-order valence-electron chi connectivity index (χ2n) is 1.54. The zero-order chi connectivity index (χ0) is 4.41. The summed E-state index contributed by atoms with van der Waals surface area (Å²) in [6.07, 6.45) is 4.57. The largest absolute Gasteiger partial charge is 0.126 e. The van der Waals surface area contributed by atoms with Crippen molar-refractivity contribution in [2.45, 2.75) is 19.8 Å². The van der Waals surface area contributed by atoms with Gasteiger partial charge in [0.1, 0.15) is 0 Å². The molecule has 0 spiro atoms. The van der Waals surface area contributed by atoms with Gasteiger partial charge in [0.25, 0.3) is 0 Å². The van der Waals surface area contributed by atoms with Crippen LogP contribution in [0.1, 0.15) is 19.8 Å². The minimum atomic E-state index is 1.30. The third-order valence-corrected chi connectivity index (χ3v) is 0.848. The van der Waals surface area contributed by atoms with Gasteiger partial charge in [0.05, 0.1) is 0 Å². The van der Waals surface area contributed by atoms with Crippen LogP contribution in [0.5, 0.6) is 0 Å². The van der Waals surface area contributed by atoms with Crippen molar-refractivity contribution in [3.8, 4) is 0 Å². The lowest BCUT2D eigenvalue weighted by atomic mass is 10.6. The van der Waals surface area contributed by atoms with Crippen molar-refractivity contribution in [2.75, 3.05) is 0 Å². The molecule has 0 amide bonds. The molecule has 32 valence electrons. The van der Waals surface area contributed by atoms with Crippen LogP contribution >= 0.6 is 0 Å².